The Hall–Kier alpha value is -1.65. The molecular formula is C19H23BrN2O. The number of aryl methyl sites for hydroxylation is 1. The molecule has 1 N–H and O–H groups in total. The van der Waals surface area contributed by atoms with Crippen LogP contribution in [0.1, 0.15) is 17.5 Å². The average Bonchev–Trinajstić information content (AvgIpc) is 2.55. The van der Waals surface area contributed by atoms with E-state index in [0.29, 0.717) is 6.54 Å². The van der Waals surface area contributed by atoms with E-state index < -0.39 is 0 Å². The Labute approximate surface area is 146 Å². The van der Waals surface area contributed by atoms with Crippen molar-refractivity contribution < 1.29 is 4.79 Å². The summed E-state index contributed by atoms with van der Waals surface area (Å²) in [6, 6.07) is 18.4. The first-order valence-corrected chi connectivity index (χ1v) is 8.67. The number of halogens is 1. The second-order valence-electron chi connectivity index (χ2n) is 5.70. The highest BCUT2D eigenvalue weighted by molar-refractivity contribution is 9.10. The Morgan fingerprint density at radius 2 is 1.78 bits per heavy atom. The van der Waals surface area contributed by atoms with E-state index in [1.807, 2.05) is 48.3 Å². The Morgan fingerprint density at radius 3 is 2.52 bits per heavy atom. The van der Waals surface area contributed by atoms with E-state index in [2.05, 4.69) is 39.4 Å². The lowest BCUT2D eigenvalue weighted by molar-refractivity contribution is -0.122. The number of carbonyl (C=O) groups is 1. The number of hydrogen-bond donors (Lipinski definition) is 1. The molecule has 4 heteroatoms. The second kappa shape index (κ2) is 9.48. The third-order valence-corrected chi connectivity index (χ3v) is 4.39. The zero-order chi connectivity index (χ0) is 16.5. The maximum atomic E-state index is 12.0. The molecule has 0 atom stereocenters. The standard InChI is InChI=1S/C19H23BrN2O/c1-22(14-17-11-5-6-12-18(17)20)15-19(23)21-13-7-10-16-8-3-2-4-9-16/h2-6,8-9,11-12H,7,10,13-15H2,1H3,(H,21,23). The number of nitrogens with zero attached hydrogens (tertiary/aromatic N) is 1. The van der Waals surface area contributed by atoms with Gasteiger partial charge in [-0.25, -0.2) is 0 Å². The zero-order valence-electron chi connectivity index (χ0n) is 13.5. The smallest absolute Gasteiger partial charge is 0.234 e. The molecule has 0 aliphatic rings. The van der Waals surface area contributed by atoms with Crippen LogP contribution in [0.4, 0.5) is 0 Å². The number of nitrogens with one attached hydrogen (secondary N) is 1. The van der Waals surface area contributed by atoms with Gasteiger partial charge in [-0.2, -0.15) is 0 Å². The van der Waals surface area contributed by atoms with E-state index in [9.17, 15) is 4.79 Å². The van der Waals surface area contributed by atoms with E-state index in [1.165, 1.54) is 11.1 Å². The second-order valence-corrected chi connectivity index (χ2v) is 6.56. The maximum absolute atomic E-state index is 12.0. The molecule has 1 amide bonds. The fraction of sp³-hybridized carbons (Fsp3) is 0.316. The molecule has 0 bridgehead atoms. The first-order chi connectivity index (χ1) is 11.1. The molecule has 0 fully saturated rings. The van der Waals surface area contributed by atoms with Gasteiger partial charge in [-0.3, -0.25) is 9.69 Å². The monoisotopic (exact) mass is 374 g/mol. The van der Waals surface area contributed by atoms with Crippen LogP contribution in [0.5, 0.6) is 0 Å². The molecule has 0 aliphatic carbocycles. The summed E-state index contributed by atoms with van der Waals surface area (Å²) >= 11 is 3.54. The normalized spacial score (nSPS) is 10.7. The maximum Gasteiger partial charge on any atom is 0.234 e. The minimum Gasteiger partial charge on any atom is -0.355 e. The van der Waals surface area contributed by atoms with Crippen molar-refractivity contribution in [2.75, 3.05) is 20.1 Å². The molecule has 0 spiro atoms. The van der Waals surface area contributed by atoms with Gasteiger partial charge in [0.25, 0.3) is 0 Å². The molecule has 0 aromatic heterocycles. The van der Waals surface area contributed by atoms with Gasteiger partial charge in [0.2, 0.25) is 5.91 Å². The minimum atomic E-state index is 0.0765. The number of likely N-dealkylation sites (N-methyl/N-ethyl adjacent to an activating group) is 1. The Kier molecular flexibility index (Phi) is 7.30. The molecular weight excluding hydrogens is 352 g/mol. The molecule has 2 aromatic carbocycles. The predicted octanol–water partition coefficient (Wildman–Crippen LogP) is 3.63. The van der Waals surface area contributed by atoms with Crippen LogP contribution < -0.4 is 5.32 Å². The number of amides is 1. The van der Waals surface area contributed by atoms with Crippen molar-refractivity contribution in [1.82, 2.24) is 10.2 Å². The van der Waals surface area contributed by atoms with E-state index >= 15 is 0 Å². The summed E-state index contributed by atoms with van der Waals surface area (Å²) in [4.78, 5) is 14.0. The molecule has 0 unspecified atom stereocenters. The van der Waals surface area contributed by atoms with E-state index in [0.717, 1.165) is 30.4 Å². The van der Waals surface area contributed by atoms with Crippen LogP contribution in [-0.4, -0.2) is 30.9 Å². The van der Waals surface area contributed by atoms with Crippen LogP contribution in [0.15, 0.2) is 59.1 Å². The van der Waals surface area contributed by atoms with Crippen LogP contribution >= 0.6 is 15.9 Å². The molecule has 0 radical (unpaired) electrons. The highest BCUT2D eigenvalue weighted by Gasteiger charge is 2.08. The van der Waals surface area contributed by atoms with Gasteiger partial charge in [0.1, 0.15) is 0 Å². The van der Waals surface area contributed by atoms with Gasteiger partial charge in [-0.05, 0) is 37.1 Å². The topological polar surface area (TPSA) is 32.3 Å². The molecule has 0 aliphatic heterocycles. The molecule has 23 heavy (non-hydrogen) atoms. The number of carbonyl (C=O) groups excluding carboxylic acids is 1. The van der Waals surface area contributed by atoms with Crippen molar-refractivity contribution in [2.24, 2.45) is 0 Å². The van der Waals surface area contributed by atoms with Crippen molar-refractivity contribution in [1.29, 1.82) is 0 Å². The molecule has 122 valence electrons. The lowest BCUT2D eigenvalue weighted by atomic mass is 10.1. The summed E-state index contributed by atoms with van der Waals surface area (Å²) in [5.41, 5.74) is 2.50. The lowest BCUT2D eigenvalue weighted by Gasteiger charge is -2.17. The summed E-state index contributed by atoms with van der Waals surface area (Å²) in [5.74, 6) is 0.0765. The summed E-state index contributed by atoms with van der Waals surface area (Å²) in [7, 11) is 1.96. The molecule has 3 nitrogen and oxygen atoms in total. The fourth-order valence-electron chi connectivity index (χ4n) is 2.44. The Balaban J connectivity index is 1.65. The number of hydrogen-bond acceptors (Lipinski definition) is 2. The van der Waals surface area contributed by atoms with Crippen LogP contribution in [0.25, 0.3) is 0 Å². The zero-order valence-corrected chi connectivity index (χ0v) is 15.1. The summed E-state index contributed by atoms with van der Waals surface area (Å²) in [6.07, 6.45) is 1.96. The summed E-state index contributed by atoms with van der Waals surface area (Å²) in [5, 5.41) is 2.99. The van der Waals surface area contributed by atoms with Gasteiger partial charge < -0.3 is 5.32 Å². The SMILES string of the molecule is CN(CC(=O)NCCCc1ccccc1)Cc1ccccc1Br. The van der Waals surface area contributed by atoms with Gasteiger partial charge in [-0.1, -0.05) is 64.5 Å². The molecule has 0 saturated heterocycles. The first-order valence-electron chi connectivity index (χ1n) is 7.88. The third kappa shape index (κ3) is 6.55. The van der Waals surface area contributed by atoms with Crippen molar-refractivity contribution in [2.45, 2.75) is 19.4 Å². The molecule has 2 aromatic rings. The van der Waals surface area contributed by atoms with Crippen LogP contribution in [0.2, 0.25) is 0 Å². The third-order valence-electron chi connectivity index (χ3n) is 3.62. The van der Waals surface area contributed by atoms with Gasteiger partial charge in [0, 0.05) is 17.6 Å². The average molecular weight is 375 g/mol. The van der Waals surface area contributed by atoms with E-state index in [1.54, 1.807) is 0 Å². The Morgan fingerprint density at radius 1 is 1.09 bits per heavy atom. The summed E-state index contributed by atoms with van der Waals surface area (Å²) in [6.45, 7) is 1.88. The van der Waals surface area contributed by atoms with Crippen molar-refractivity contribution in [3.8, 4) is 0 Å². The van der Waals surface area contributed by atoms with Gasteiger partial charge in [0.05, 0.1) is 6.54 Å². The molecule has 0 saturated carbocycles. The number of rotatable bonds is 8. The van der Waals surface area contributed by atoms with Crippen LogP contribution in [0, 0.1) is 0 Å². The number of benzene rings is 2. The van der Waals surface area contributed by atoms with Crippen LogP contribution in [0.3, 0.4) is 0 Å². The van der Waals surface area contributed by atoms with Gasteiger partial charge in [-0.15, -0.1) is 0 Å². The van der Waals surface area contributed by atoms with Gasteiger partial charge in [0.15, 0.2) is 0 Å². The quantitative estimate of drug-likeness (QED) is 0.715. The van der Waals surface area contributed by atoms with Crippen molar-refractivity contribution in [3.05, 3.63) is 70.2 Å². The van der Waals surface area contributed by atoms with Crippen LogP contribution in [-0.2, 0) is 17.8 Å². The van der Waals surface area contributed by atoms with Crippen molar-refractivity contribution >= 4 is 21.8 Å². The highest BCUT2D eigenvalue weighted by atomic mass is 79.9. The predicted molar refractivity (Wildman–Crippen MR) is 98.2 cm³/mol. The minimum absolute atomic E-state index is 0.0765. The fourth-order valence-corrected chi connectivity index (χ4v) is 2.85. The van der Waals surface area contributed by atoms with E-state index in [4.69, 9.17) is 0 Å². The Bertz CT molecular complexity index is 616. The highest BCUT2D eigenvalue weighted by Crippen LogP contribution is 2.17. The van der Waals surface area contributed by atoms with Gasteiger partial charge >= 0.3 is 0 Å². The van der Waals surface area contributed by atoms with E-state index in [-0.39, 0.29) is 5.91 Å². The molecule has 0 heterocycles. The van der Waals surface area contributed by atoms with Crippen molar-refractivity contribution in [3.63, 3.8) is 0 Å². The largest absolute Gasteiger partial charge is 0.355 e. The first kappa shape index (κ1) is 17.7. The summed E-state index contributed by atoms with van der Waals surface area (Å²) < 4.78 is 1.08. The molecule has 2 rings (SSSR count). The lowest BCUT2D eigenvalue weighted by Crippen LogP contribution is -2.35.